The lowest BCUT2D eigenvalue weighted by molar-refractivity contribution is 0.134. The van der Waals surface area contributed by atoms with Crippen LogP contribution in [-0.2, 0) is 6.54 Å². The zero-order valence-corrected chi connectivity index (χ0v) is 9.93. The number of aromatic nitrogens is 2. The number of hydrogen-bond donors (Lipinski definition) is 1. The van der Waals surface area contributed by atoms with Crippen LogP contribution in [0.3, 0.4) is 0 Å². The molecule has 3 rings (SSSR count). The molecule has 17 heavy (non-hydrogen) atoms. The summed E-state index contributed by atoms with van der Waals surface area (Å²) < 4.78 is 2.07. The van der Waals surface area contributed by atoms with Crippen molar-refractivity contribution in [3.63, 3.8) is 0 Å². The van der Waals surface area contributed by atoms with E-state index in [9.17, 15) is 5.11 Å². The van der Waals surface area contributed by atoms with Crippen molar-refractivity contribution in [2.24, 2.45) is 0 Å². The first-order valence-corrected chi connectivity index (χ1v) is 6.06. The molecule has 0 bridgehead atoms. The van der Waals surface area contributed by atoms with Gasteiger partial charge in [0.2, 0.25) is 0 Å². The van der Waals surface area contributed by atoms with Crippen LogP contribution in [0.25, 0.3) is 11.3 Å². The number of imidazole rings is 1. The lowest BCUT2D eigenvalue weighted by Crippen LogP contribution is -2.14. The molecule has 1 atom stereocenters. The Balaban J connectivity index is 2.02. The van der Waals surface area contributed by atoms with Gasteiger partial charge in [-0.25, -0.2) is 4.98 Å². The van der Waals surface area contributed by atoms with Crippen molar-refractivity contribution in [3.05, 3.63) is 41.9 Å². The third-order valence-corrected chi connectivity index (χ3v) is 3.33. The summed E-state index contributed by atoms with van der Waals surface area (Å²) in [5.41, 5.74) is 3.32. The molecule has 0 saturated heterocycles. The predicted octanol–water partition coefficient (Wildman–Crippen LogP) is 2.69. The molecule has 3 heteroatoms. The van der Waals surface area contributed by atoms with E-state index in [0.29, 0.717) is 0 Å². The van der Waals surface area contributed by atoms with Gasteiger partial charge in [0.25, 0.3) is 0 Å². The number of aryl methyl sites for hydroxylation is 2. The molecular formula is C14H16N2O. The topological polar surface area (TPSA) is 38.0 Å². The third-order valence-electron chi connectivity index (χ3n) is 3.33. The number of aliphatic hydroxyl groups excluding tert-OH is 1. The van der Waals surface area contributed by atoms with Crippen LogP contribution in [0, 0.1) is 6.92 Å². The molecular weight excluding hydrogens is 212 g/mol. The van der Waals surface area contributed by atoms with Crippen LogP contribution < -0.4 is 0 Å². The molecule has 1 aliphatic heterocycles. The second kappa shape index (κ2) is 4.00. The molecule has 1 N–H and O–H groups in total. The highest BCUT2D eigenvalue weighted by atomic mass is 16.3. The largest absolute Gasteiger partial charge is 0.385 e. The Morgan fingerprint density at radius 2 is 2.06 bits per heavy atom. The summed E-state index contributed by atoms with van der Waals surface area (Å²) in [4.78, 5) is 4.54. The number of hydrogen-bond acceptors (Lipinski definition) is 2. The van der Waals surface area contributed by atoms with E-state index in [0.717, 1.165) is 36.5 Å². The van der Waals surface area contributed by atoms with Gasteiger partial charge in [-0.05, 0) is 19.8 Å². The van der Waals surface area contributed by atoms with E-state index < -0.39 is 6.10 Å². The molecule has 0 saturated carbocycles. The molecule has 0 aliphatic carbocycles. The highest BCUT2D eigenvalue weighted by Gasteiger charge is 2.20. The fourth-order valence-electron chi connectivity index (χ4n) is 2.32. The summed E-state index contributed by atoms with van der Waals surface area (Å²) in [5, 5.41) is 9.88. The molecule has 2 heterocycles. The van der Waals surface area contributed by atoms with Crippen LogP contribution in [-0.4, -0.2) is 14.7 Å². The number of fused-ring (bicyclic) bond motifs is 1. The average Bonchev–Trinajstić information content (AvgIpc) is 2.75. The van der Waals surface area contributed by atoms with Crippen LogP contribution in [0.4, 0.5) is 0 Å². The van der Waals surface area contributed by atoms with E-state index >= 15 is 0 Å². The standard InChI is InChI=1S/C14H16N2O/c1-10-4-6-11(7-5-10)12-9-16-8-2-3-13(17)14(16)15-12/h4-7,9,13,17H,2-3,8H2,1H3/t13-/m0/s1. The van der Waals surface area contributed by atoms with E-state index in [2.05, 4.69) is 40.7 Å². The van der Waals surface area contributed by atoms with Gasteiger partial charge in [0.15, 0.2) is 0 Å². The normalized spacial score (nSPS) is 19.1. The van der Waals surface area contributed by atoms with Crippen molar-refractivity contribution in [1.29, 1.82) is 0 Å². The molecule has 0 amide bonds. The minimum Gasteiger partial charge on any atom is -0.385 e. The van der Waals surface area contributed by atoms with E-state index in [1.807, 2.05) is 6.20 Å². The van der Waals surface area contributed by atoms with Gasteiger partial charge in [-0.2, -0.15) is 0 Å². The van der Waals surface area contributed by atoms with E-state index in [1.54, 1.807) is 0 Å². The molecule has 88 valence electrons. The Kier molecular flexibility index (Phi) is 2.48. The van der Waals surface area contributed by atoms with Crippen LogP contribution in [0.15, 0.2) is 30.5 Å². The minimum atomic E-state index is -0.400. The Labute approximate surface area is 101 Å². The Hall–Kier alpha value is -1.61. The Morgan fingerprint density at radius 3 is 2.76 bits per heavy atom. The molecule has 2 aromatic rings. The van der Waals surface area contributed by atoms with Gasteiger partial charge in [0.05, 0.1) is 5.69 Å². The van der Waals surface area contributed by atoms with Crippen molar-refractivity contribution in [1.82, 2.24) is 9.55 Å². The van der Waals surface area contributed by atoms with E-state index in [4.69, 9.17) is 0 Å². The van der Waals surface area contributed by atoms with Gasteiger partial charge in [-0.3, -0.25) is 0 Å². The van der Waals surface area contributed by atoms with Gasteiger partial charge in [-0.15, -0.1) is 0 Å². The van der Waals surface area contributed by atoms with Crippen LogP contribution >= 0.6 is 0 Å². The molecule has 1 aromatic carbocycles. The predicted molar refractivity (Wildman–Crippen MR) is 66.6 cm³/mol. The van der Waals surface area contributed by atoms with Gasteiger partial charge < -0.3 is 9.67 Å². The lowest BCUT2D eigenvalue weighted by Gasteiger charge is -2.18. The smallest absolute Gasteiger partial charge is 0.138 e. The van der Waals surface area contributed by atoms with Crippen LogP contribution in [0.5, 0.6) is 0 Å². The maximum Gasteiger partial charge on any atom is 0.138 e. The van der Waals surface area contributed by atoms with Crippen molar-refractivity contribution in [2.75, 3.05) is 0 Å². The van der Waals surface area contributed by atoms with E-state index in [1.165, 1.54) is 5.56 Å². The average molecular weight is 228 g/mol. The fraction of sp³-hybridized carbons (Fsp3) is 0.357. The summed E-state index contributed by atoms with van der Waals surface area (Å²) in [6.45, 7) is 3.04. The third kappa shape index (κ3) is 1.87. The monoisotopic (exact) mass is 228 g/mol. The minimum absolute atomic E-state index is 0.400. The summed E-state index contributed by atoms with van der Waals surface area (Å²) in [6.07, 6.45) is 3.49. The number of rotatable bonds is 1. The van der Waals surface area contributed by atoms with Gasteiger partial charge in [0, 0.05) is 18.3 Å². The Morgan fingerprint density at radius 1 is 1.29 bits per heavy atom. The number of aliphatic hydroxyl groups is 1. The molecule has 0 spiro atoms. The summed E-state index contributed by atoms with van der Waals surface area (Å²) in [5.74, 6) is 0.812. The highest BCUT2D eigenvalue weighted by molar-refractivity contribution is 5.59. The van der Waals surface area contributed by atoms with Crippen molar-refractivity contribution in [3.8, 4) is 11.3 Å². The summed E-state index contributed by atoms with van der Waals surface area (Å²) in [6, 6.07) is 8.33. The quantitative estimate of drug-likeness (QED) is 0.815. The van der Waals surface area contributed by atoms with Crippen LogP contribution in [0.2, 0.25) is 0 Å². The lowest BCUT2D eigenvalue weighted by atomic mass is 10.1. The second-order valence-electron chi connectivity index (χ2n) is 4.70. The Bertz CT molecular complexity index is 528. The van der Waals surface area contributed by atoms with E-state index in [-0.39, 0.29) is 0 Å². The zero-order valence-electron chi connectivity index (χ0n) is 9.93. The van der Waals surface area contributed by atoms with Crippen molar-refractivity contribution >= 4 is 0 Å². The molecule has 3 nitrogen and oxygen atoms in total. The molecule has 0 fully saturated rings. The first-order chi connectivity index (χ1) is 8.24. The first-order valence-electron chi connectivity index (χ1n) is 6.06. The van der Waals surface area contributed by atoms with Crippen LogP contribution in [0.1, 0.15) is 30.3 Å². The molecule has 1 aliphatic rings. The molecule has 0 radical (unpaired) electrons. The maximum atomic E-state index is 9.88. The fourth-order valence-corrected chi connectivity index (χ4v) is 2.32. The second-order valence-corrected chi connectivity index (χ2v) is 4.70. The molecule has 0 unspecified atom stereocenters. The maximum absolute atomic E-state index is 9.88. The van der Waals surface area contributed by atoms with Crippen molar-refractivity contribution in [2.45, 2.75) is 32.4 Å². The highest BCUT2D eigenvalue weighted by Crippen LogP contribution is 2.27. The van der Waals surface area contributed by atoms with Crippen molar-refractivity contribution < 1.29 is 5.11 Å². The summed E-state index contributed by atoms with van der Waals surface area (Å²) >= 11 is 0. The first kappa shape index (κ1) is 10.5. The summed E-state index contributed by atoms with van der Waals surface area (Å²) in [7, 11) is 0. The zero-order chi connectivity index (χ0) is 11.8. The number of benzene rings is 1. The SMILES string of the molecule is Cc1ccc(-c2cn3c(n2)[C@@H](O)CCC3)cc1. The van der Waals surface area contributed by atoms with Gasteiger partial charge in [-0.1, -0.05) is 29.8 Å². The van der Waals surface area contributed by atoms with Gasteiger partial charge >= 0.3 is 0 Å². The number of nitrogens with zero attached hydrogens (tertiary/aromatic N) is 2. The molecule has 1 aromatic heterocycles. The van der Waals surface area contributed by atoms with Gasteiger partial charge in [0.1, 0.15) is 11.9 Å².